The lowest BCUT2D eigenvalue weighted by Crippen LogP contribution is -2.47. The lowest BCUT2D eigenvalue weighted by Gasteiger charge is -2.34. The monoisotopic (exact) mass is 251 g/mol. The first-order valence-corrected chi connectivity index (χ1v) is 8.05. The van der Waals surface area contributed by atoms with Crippen molar-refractivity contribution in [2.24, 2.45) is 0 Å². The molecule has 1 aliphatic carbocycles. The minimum absolute atomic E-state index is 0.679. The summed E-state index contributed by atoms with van der Waals surface area (Å²) in [6.07, 6.45) is 9.70. The van der Waals surface area contributed by atoms with E-state index in [1.807, 2.05) is 0 Å². The fourth-order valence-electron chi connectivity index (χ4n) is 3.73. The summed E-state index contributed by atoms with van der Waals surface area (Å²) in [7, 11) is 0. The van der Waals surface area contributed by atoms with E-state index in [2.05, 4.69) is 22.5 Å². The Morgan fingerprint density at radius 1 is 1.17 bits per heavy atom. The van der Waals surface area contributed by atoms with Crippen LogP contribution in [0.2, 0.25) is 0 Å². The van der Waals surface area contributed by atoms with Gasteiger partial charge in [0.05, 0.1) is 0 Å². The number of rotatable bonds is 5. The van der Waals surface area contributed by atoms with E-state index in [1.165, 1.54) is 64.6 Å². The Kier molecular flexibility index (Phi) is 4.22. The van der Waals surface area contributed by atoms with Crippen LogP contribution < -0.4 is 10.6 Å². The molecule has 3 rings (SSSR count). The van der Waals surface area contributed by atoms with Gasteiger partial charge in [0, 0.05) is 24.2 Å². The molecule has 2 unspecified atom stereocenters. The van der Waals surface area contributed by atoms with Gasteiger partial charge >= 0.3 is 0 Å². The lowest BCUT2D eigenvalue weighted by molar-refractivity contribution is 0.182. The second-order valence-corrected chi connectivity index (χ2v) is 6.64. The number of nitrogens with zero attached hydrogens (tertiary/aromatic N) is 1. The Morgan fingerprint density at radius 2 is 1.94 bits per heavy atom. The van der Waals surface area contributed by atoms with E-state index in [4.69, 9.17) is 0 Å². The van der Waals surface area contributed by atoms with Crippen molar-refractivity contribution in [1.29, 1.82) is 0 Å². The van der Waals surface area contributed by atoms with E-state index in [1.54, 1.807) is 0 Å². The smallest absolute Gasteiger partial charge is 0.00964 e. The maximum Gasteiger partial charge on any atom is 0.00964 e. The second kappa shape index (κ2) is 5.89. The van der Waals surface area contributed by atoms with Crippen molar-refractivity contribution in [3.8, 4) is 0 Å². The summed E-state index contributed by atoms with van der Waals surface area (Å²) in [5.41, 5.74) is 0. The van der Waals surface area contributed by atoms with Crippen LogP contribution in [0.5, 0.6) is 0 Å². The molecular weight excluding hydrogens is 222 g/mol. The van der Waals surface area contributed by atoms with Crippen molar-refractivity contribution in [1.82, 2.24) is 15.5 Å². The van der Waals surface area contributed by atoms with E-state index < -0.39 is 0 Å². The van der Waals surface area contributed by atoms with Crippen molar-refractivity contribution >= 4 is 0 Å². The van der Waals surface area contributed by atoms with E-state index in [0.717, 1.165) is 18.1 Å². The van der Waals surface area contributed by atoms with Crippen LogP contribution in [0.25, 0.3) is 0 Å². The van der Waals surface area contributed by atoms with Crippen molar-refractivity contribution in [2.75, 3.05) is 19.6 Å². The average Bonchev–Trinajstić information content (AvgIpc) is 3.09. The molecule has 104 valence electrons. The summed E-state index contributed by atoms with van der Waals surface area (Å²) in [5, 5.41) is 7.47. The minimum atomic E-state index is 0.679. The number of hydrogen-bond acceptors (Lipinski definition) is 3. The van der Waals surface area contributed by atoms with Gasteiger partial charge < -0.3 is 15.5 Å². The molecular formula is C15H29N3. The molecule has 0 aromatic carbocycles. The summed E-state index contributed by atoms with van der Waals surface area (Å²) >= 11 is 0. The first-order valence-electron chi connectivity index (χ1n) is 8.05. The van der Waals surface area contributed by atoms with Gasteiger partial charge in [-0.3, -0.25) is 0 Å². The van der Waals surface area contributed by atoms with Crippen LogP contribution in [0.1, 0.15) is 51.9 Å². The van der Waals surface area contributed by atoms with Gasteiger partial charge in [-0.1, -0.05) is 0 Å². The van der Waals surface area contributed by atoms with Gasteiger partial charge in [-0.25, -0.2) is 0 Å². The van der Waals surface area contributed by atoms with Crippen LogP contribution in [0.4, 0.5) is 0 Å². The van der Waals surface area contributed by atoms with Gasteiger partial charge in [0.2, 0.25) is 0 Å². The highest BCUT2D eigenvalue weighted by molar-refractivity contribution is 4.89. The average molecular weight is 251 g/mol. The number of piperidine rings is 1. The Morgan fingerprint density at radius 3 is 2.56 bits per heavy atom. The Balaban J connectivity index is 1.34. The van der Waals surface area contributed by atoms with E-state index in [9.17, 15) is 0 Å². The van der Waals surface area contributed by atoms with Gasteiger partial charge in [0.15, 0.2) is 0 Å². The molecule has 3 nitrogen and oxygen atoms in total. The predicted octanol–water partition coefficient (Wildman–Crippen LogP) is 1.73. The largest absolute Gasteiger partial charge is 0.314 e. The first-order chi connectivity index (χ1) is 8.81. The number of likely N-dealkylation sites (tertiary alicyclic amines) is 1. The molecule has 0 spiro atoms. The Bertz CT molecular complexity index is 250. The van der Waals surface area contributed by atoms with Gasteiger partial charge in [-0.15, -0.1) is 0 Å². The van der Waals surface area contributed by atoms with Crippen LogP contribution in [0, 0.1) is 0 Å². The quantitative estimate of drug-likeness (QED) is 0.779. The SMILES string of the molecule is CC(CC1CCCN1)NC1CCN(C2CC2)CC1. The molecule has 2 heterocycles. The molecule has 18 heavy (non-hydrogen) atoms. The summed E-state index contributed by atoms with van der Waals surface area (Å²) in [5.74, 6) is 0. The normalized spacial score (nSPS) is 32.8. The zero-order valence-electron chi connectivity index (χ0n) is 11.8. The lowest BCUT2D eigenvalue weighted by atomic mass is 10.0. The fraction of sp³-hybridized carbons (Fsp3) is 1.00. The summed E-state index contributed by atoms with van der Waals surface area (Å²) in [4.78, 5) is 2.71. The van der Waals surface area contributed by atoms with Crippen molar-refractivity contribution in [2.45, 2.75) is 76.0 Å². The molecule has 0 aromatic rings. The third kappa shape index (κ3) is 3.46. The molecule has 0 amide bonds. The molecule has 3 heteroatoms. The maximum absolute atomic E-state index is 3.86. The maximum atomic E-state index is 3.86. The highest BCUT2D eigenvalue weighted by atomic mass is 15.2. The molecule has 3 fully saturated rings. The molecule has 0 bridgehead atoms. The molecule has 1 saturated carbocycles. The van der Waals surface area contributed by atoms with E-state index in [-0.39, 0.29) is 0 Å². The van der Waals surface area contributed by atoms with E-state index in [0.29, 0.717) is 6.04 Å². The summed E-state index contributed by atoms with van der Waals surface area (Å²) in [6, 6.07) is 3.19. The van der Waals surface area contributed by atoms with Gasteiger partial charge in [-0.05, 0) is 71.5 Å². The standard InChI is InChI=1S/C15H29N3/c1-12(11-14-3-2-8-16-14)17-13-6-9-18(10-7-13)15-4-5-15/h12-17H,2-11H2,1H3. The van der Waals surface area contributed by atoms with Crippen molar-refractivity contribution < 1.29 is 0 Å². The summed E-state index contributed by atoms with van der Waals surface area (Å²) in [6.45, 7) is 6.26. The molecule has 3 aliphatic rings. The molecule has 2 saturated heterocycles. The number of nitrogens with one attached hydrogen (secondary N) is 2. The van der Waals surface area contributed by atoms with Crippen LogP contribution in [0.15, 0.2) is 0 Å². The summed E-state index contributed by atoms with van der Waals surface area (Å²) < 4.78 is 0. The van der Waals surface area contributed by atoms with Crippen LogP contribution in [-0.2, 0) is 0 Å². The zero-order valence-corrected chi connectivity index (χ0v) is 11.8. The number of hydrogen-bond donors (Lipinski definition) is 2. The second-order valence-electron chi connectivity index (χ2n) is 6.64. The topological polar surface area (TPSA) is 27.3 Å². The van der Waals surface area contributed by atoms with Crippen LogP contribution in [-0.4, -0.2) is 48.7 Å². The van der Waals surface area contributed by atoms with Gasteiger partial charge in [0.1, 0.15) is 0 Å². The van der Waals surface area contributed by atoms with Gasteiger partial charge in [0.25, 0.3) is 0 Å². The fourth-order valence-corrected chi connectivity index (χ4v) is 3.73. The third-order valence-electron chi connectivity index (χ3n) is 4.91. The molecule has 0 aromatic heterocycles. The molecule has 2 aliphatic heterocycles. The van der Waals surface area contributed by atoms with Crippen LogP contribution in [0.3, 0.4) is 0 Å². The minimum Gasteiger partial charge on any atom is -0.314 e. The van der Waals surface area contributed by atoms with Crippen LogP contribution >= 0.6 is 0 Å². The Hall–Kier alpha value is -0.120. The predicted molar refractivity (Wildman–Crippen MR) is 75.9 cm³/mol. The Labute approximate surface area is 112 Å². The van der Waals surface area contributed by atoms with E-state index >= 15 is 0 Å². The zero-order chi connectivity index (χ0) is 12.4. The first kappa shape index (κ1) is 12.9. The highest BCUT2D eigenvalue weighted by Crippen LogP contribution is 2.29. The third-order valence-corrected chi connectivity index (χ3v) is 4.91. The van der Waals surface area contributed by atoms with Crippen molar-refractivity contribution in [3.05, 3.63) is 0 Å². The van der Waals surface area contributed by atoms with Gasteiger partial charge in [-0.2, -0.15) is 0 Å². The molecule has 0 radical (unpaired) electrons. The molecule has 2 N–H and O–H groups in total. The van der Waals surface area contributed by atoms with Crippen molar-refractivity contribution in [3.63, 3.8) is 0 Å². The molecule has 2 atom stereocenters. The highest BCUT2D eigenvalue weighted by Gasteiger charge is 2.32.